The van der Waals surface area contributed by atoms with E-state index in [9.17, 15) is 14.4 Å². The molecule has 29 heavy (non-hydrogen) atoms. The van der Waals surface area contributed by atoms with Gasteiger partial charge in [0.1, 0.15) is 0 Å². The van der Waals surface area contributed by atoms with Crippen molar-refractivity contribution in [2.75, 3.05) is 23.8 Å². The molecule has 1 saturated heterocycles. The molecule has 2 aliphatic rings. The summed E-state index contributed by atoms with van der Waals surface area (Å²) in [5, 5.41) is 11.4. The van der Waals surface area contributed by atoms with E-state index in [2.05, 4.69) is 5.32 Å². The number of halogens is 1. The molecule has 156 valence electrons. The Morgan fingerprint density at radius 3 is 2.66 bits per heavy atom. The lowest BCUT2D eigenvalue weighted by atomic mass is 10.0. The summed E-state index contributed by atoms with van der Waals surface area (Å²) in [6.07, 6.45) is 2.38. The van der Waals surface area contributed by atoms with E-state index >= 15 is 4.39 Å². The smallest absolute Gasteiger partial charge is 0.404 e. The molecular formula is C19H24FN5O4. The van der Waals surface area contributed by atoms with Gasteiger partial charge in [-0.05, 0) is 44.9 Å². The van der Waals surface area contributed by atoms with Crippen LogP contribution < -0.4 is 27.3 Å². The molecule has 2 fully saturated rings. The number of pyridine rings is 1. The summed E-state index contributed by atoms with van der Waals surface area (Å²) in [5.41, 5.74) is 0.466. The van der Waals surface area contributed by atoms with Crippen LogP contribution >= 0.6 is 0 Å². The highest BCUT2D eigenvalue weighted by atomic mass is 19.1. The van der Waals surface area contributed by atoms with E-state index in [1.165, 1.54) is 0 Å². The molecule has 2 aromatic heterocycles. The first-order chi connectivity index (χ1) is 13.7. The van der Waals surface area contributed by atoms with Crippen molar-refractivity contribution in [1.29, 1.82) is 0 Å². The van der Waals surface area contributed by atoms with E-state index in [1.807, 2.05) is 4.90 Å². The molecule has 2 atom stereocenters. The Kier molecular flexibility index (Phi) is 4.51. The topological polar surface area (TPSA) is 122 Å². The first-order valence-electron chi connectivity index (χ1n) is 9.70. The van der Waals surface area contributed by atoms with Crippen LogP contribution in [0.5, 0.6) is 0 Å². The standard InChI is InChI=1S/C19H24FN5O4/c1-9-15(23-6-5-12(7-23)10(2)22-18(27)28)13(20)8-24-16(9)14(11-3-4-11)17(26)25(21)19(24)29/h8,10-12,22H,3-7,21H2,1-2H3,(H,27,28)/t10-,12+/m0/s1. The van der Waals surface area contributed by atoms with E-state index in [-0.39, 0.29) is 17.9 Å². The summed E-state index contributed by atoms with van der Waals surface area (Å²) in [6.45, 7) is 4.54. The first kappa shape index (κ1) is 19.3. The second-order valence-electron chi connectivity index (χ2n) is 8.05. The molecule has 0 unspecified atom stereocenters. The fraction of sp³-hybridized carbons (Fsp3) is 0.526. The van der Waals surface area contributed by atoms with Crippen LogP contribution in [0.1, 0.15) is 43.2 Å². The third-order valence-electron chi connectivity index (χ3n) is 6.12. The number of nitrogens with two attached hydrogens (primary N) is 1. The largest absolute Gasteiger partial charge is 0.465 e. The lowest BCUT2D eigenvalue weighted by Gasteiger charge is -2.25. The number of aromatic nitrogens is 2. The zero-order valence-corrected chi connectivity index (χ0v) is 16.3. The Hall–Kier alpha value is -3.04. The first-order valence-corrected chi connectivity index (χ1v) is 9.70. The molecule has 1 aliphatic carbocycles. The van der Waals surface area contributed by atoms with Crippen molar-refractivity contribution in [2.24, 2.45) is 5.92 Å². The van der Waals surface area contributed by atoms with Crippen molar-refractivity contribution in [3.8, 4) is 0 Å². The molecule has 0 radical (unpaired) electrons. The molecular weight excluding hydrogens is 381 g/mol. The SMILES string of the molecule is Cc1c(N2CC[C@@H]([C@H](C)NC(=O)O)C2)c(F)cn2c(=O)n(N)c(=O)c(C3CC3)c12. The molecule has 4 rings (SSSR count). The minimum atomic E-state index is -1.09. The normalized spacial score (nSPS) is 20.2. The second-order valence-corrected chi connectivity index (χ2v) is 8.05. The number of rotatable bonds is 4. The Balaban J connectivity index is 1.82. The Bertz CT molecular complexity index is 1120. The number of hydrogen-bond donors (Lipinski definition) is 3. The van der Waals surface area contributed by atoms with Crippen LogP contribution in [0.3, 0.4) is 0 Å². The molecule has 0 bridgehead atoms. The van der Waals surface area contributed by atoms with Gasteiger partial charge in [-0.25, -0.2) is 14.0 Å². The lowest BCUT2D eigenvalue weighted by molar-refractivity contribution is 0.186. The summed E-state index contributed by atoms with van der Waals surface area (Å²) in [5.74, 6) is 5.13. The third-order valence-corrected chi connectivity index (χ3v) is 6.12. The van der Waals surface area contributed by atoms with Gasteiger partial charge in [0, 0.05) is 30.3 Å². The number of anilines is 1. The average molecular weight is 405 g/mol. The van der Waals surface area contributed by atoms with Crippen LogP contribution in [0.2, 0.25) is 0 Å². The number of fused-ring (bicyclic) bond motifs is 1. The van der Waals surface area contributed by atoms with Gasteiger partial charge in [0.15, 0.2) is 5.82 Å². The molecule has 1 aliphatic heterocycles. The number of carbonyl (C=O) groups is 1. The van der Waals surface area contributed by atoms with Crippen molar-refractivity contribution in [1.82, 2.24) is 14.4 Å². The summed E-state index contributed by atoms with van der Waals surface area (Å²) in [4.78, 5) is 37.9. The van der Waals surface area contributed by atoms with Crippen molar-refractivity contribution in [3.63, 3.8) is 0 Å². The quantitative estimate of drug-likeness (QED) is 0.652. The van der Waals surface area contributed by atoms with Crippen LogP contribution in [-0.2, 0) is 0 Å². The fourth-order valence-electron chi connectivity index (χ4n) is 4.47. The molecule has 3 heterocycles. The van der Waals surface area contributed by atoms with Gasteiger partial charge >= 0.3 is 11.8 Å². The molecule has 0 spiro atoms. The van der Waals surface area contributed by atoms with Crippen LogP contribution in [0.4, 0.5) is 14.9 Å². The Morgan fingerprint density at radius 2 is 2.03 bits per heavy atom. The summed E-state index contributed by atoms with van der Waals surface area (Å²) >= 11 is 0. The van der Waals surface area contributed by atoms with E-state index in [0.717, 1.165) is 23.4 Å². The molecule has 2 aromatic rings. The van der Waals surface area contributed by atoms with Crippen molar-refractivity contribution < 1.29 is 14.3 Å². The highest BCUT2D eigenvalue weighted by Crippen LogP contribution is 2.42. The Labute approximate surface area is 165 Å². The van der Waals surface area contributed by atoms with Gasteiger partial charge in [0.05, 0.1) is 17.4 Å². The van der Waals surface area contributed by atoms with Crippen LogP contribution in [0.15, 0.2) is 15.8 Å². The molecule has 1 saturated carbocycles. The monoisotopic (exact) mass is 405 g/mol. The number of nitrogens with zero attached hydrogens (tertiary/aromatic N) is 3. The number of aryl methyl sites for hydroxylation is 1. The highest BCUT2D eigenvalue weighted by molar-refractivity contribution is 5.72. The predicted molar refractivity (Wildman–Crippen MR) is 106 cm³/mol. The molecule has 10 heteroatoms. The van der Waals surface area contributed by atoms with Gasteiger partial charge in [-0.3, -0.25) is 9.20 Å². The zero-order chi connectivity index (χ0) is 21.0. The van der Waals surface area contributed by atoms with Crippen molar-refractivity contribution >= 4 is 17.3 Å². The van der Waals surface area contributed by atoms with E-state index < -0.39 is 23.2 Å². The lowest BCUT2D eigenvalue weighted by Crippen LogP contribution is -2.44. The number of carboxylic acid groups (broad SMARTS) is 1. The fourth-order valence-corrected chi connectivity index (χ4v) is 4.47. The van der Waals surface area contributed by atoms with Crippen molar-refractivity contribution in [3.05, 3.63) is 44.0 Å². The van der Waals surface area contributed by atoms with Crippen molar-refractivity contribution in [2.45, 2.75) is 45.1 Å². The maximum absolute atomic E-state index is 15.1. The van der Waals surface area contributed by atoms with Gasteiger partial charge < -0.3 is 21.2 Å². The number of amides is 1. The Morgan fingerprint density at radius 1 is 1.34 bits per heavy atom. The maximum Gasteiger partial charge on any atom is 0.404 e. The van der Waals surface area contributed by atoms with Crippen LogP contribution in [-0.4, -0.2) is 39.4 Å². The van der Waals surface area contributed by atoms with Gasteiger partial charge in [-0.2, -0.15) is 4.68 Å². The summed E-state index contributed by atoms with van der Waals surface area (Å²) in [7, 11) is 0. The number of hydrogen-bond acceptors (Lipinski definition) is 5. The van der Waals surface area contributed by atoms with Gasteiger partial charge in [0.2, 0.25) is 0 Å². The van der Waals surface area contributed by atoms with Gasteiger partial charge in [-0.15, -0.1) is 0 Å². The third kappa shape index (κ3) is 3.12. The average Bonchev–Trinajstić information content (AvgIpc) is 3.37. The van der Waals surface area contributed by atoms with Gasteiger partial charge in [-0.1, -0.05) is 0 Å². The van der Waals surface area contributed by atoms with E-state index in [0.29, 0.717) is 46.5 Å². The van der Waals surface area contributed by atoms with Gasteiger partial charge in [0.25, 0.3) is 5.56 Å². The predicted octanol–water partition coefficient (Wildman–Crippen LogP) is 0.982. The molecule has 4 N–H and O–H groups in total. The molecule has 9 nitrogen and oxygen atoms in total. The number of nitrogen functional groups attached to an aromatic ring is 1. The maximum atomic E-state index is 15.1. The van der Waals surface area contributed by atoms with Crippen LogP contribution in [0, 0.1) is 18.7 Å². The highest BCUT2D eigenvalue weighted by Gasteiger charge is 2.34. The van der Waals surface area contributed by atoms with E-state index in [4.69, 9.17) is 10.9 Å². The molecule has 1 amide bonds. The van der Waals surface area contributed by atoms with E-state index in [1.54, 1.807) is 13.8 Å². The minimum Gasteiger partial charge on any atom is -0.465 e. The summed E-state index contributed by atoms with van der Waals surface area (Å²) < 4.78 is 16.8. The minimum absolute atomic E-state index is 0.0241. The number of nitrogens with one attached hydrogen (secondary N) is 1. The summed E-state index contributed by atoms with van der Waals surface area (Å²) in [6, 6.07) is -0.268. The zero-order valence-electron chi connectivity index (χ0n) is 16.3. The molecule has 0 aromatic carbocycles. The van der Waals surface area contributed by atoms with Crippen LogP contribution in [0.25, 0.3) is 5.52 Å². The second kappa shape index (κ2) is 6.78.